The molecule has 0 fully saturated rings. The minimum atomic E-state index is -0.126. The lowest BCUT2D eigenvalue weighted by molar-refractivity contribution is 0.0929. The smallest absolute Gasteiger partial charge is 0.269 e. The van der Waals surface area contributed by atoms with E-state index in [1.807, 2.05) is 49.8 Å². The number of aromatic nitrogens is 4. The molecule has 3 aromatic rings. The first kappa shape index (κ1) is 18.3. The number of para-hydroxylation sites is 1. The number of hydrogen-bond acceptors (Lipinski definition) is 4. The van der Waals surface area contributed by atoms with Crippen LogP contribution in [-0.4, -0.2) is 38.6 Å². The highest BCUT2D eigenvalue weighted by Crippen LogP contribution is 2.27. The fourth-order valence-corrected chi connectivity index (χ4v) is 3.80. The number of hydrogen-bond donors (Lipinski definition) is 1. The number of carbonyl (C=O) groups is 1. The number of fused-ring (bicyclic) bond motifs is 1. The standard InChI is InChI=1S/C21H25N5O2/c1-13-20(14(2)25(3)23-13)17-10-18(26(4)24-17)21(27)22-11-15-9-16-7-5-6-8-19(16)28-12-15/h5-8,10,15H,9,11-12H2,1-4H3,(H,22,27)/t15-/m0/s1. The van der Waals surface area contributed by atoms with Gasteiger partial charge in [0.25, 0.3) is 5.91 Å². The molecular formula is C21H25N5O2. The highest BCUT2D eigenvalue weighted by Gasteiger charge is 2.22. The lowest BCUT2D eigenvalue weighted by Gasteiger charge is -2.25. The first-order chi connectivity index (χ1) is 13.4. The van der Waals surface area contributed by atoms with Crippen LogP contribution in [0.25, 0.3) is 11.3 Å². The third kappa shape index (κ3) is 3.28. The largest absolute Gasteiger partial charge is 0.493 e. The van der Waals surface area contributed by atoms with Crippen LogP contribution in [0, 0.1) is 19.8 Å². The molecular weight excluding hydrogens is 354 g/mol. The van der Waals surface area contributed by atoms with Gasteiger partial charge in [-0.2, -0.15) is 10.2 Å². The van der Waals surface area contributed by atoms with Crippen molar-refractivity contribution in [1.29, 1.82) is 0 Å². The van der Waals surface area contributed by atoms with Crippen molar-refractivity contribution in [3.63, 3.8) is 0 Å². The second-order valence-electron chi connectivity index (χ2n) is 7.41. The molecule has 1 amide bonds. The Morgan fingerprint density at radius 2 is 2.00 bits per heavy atom. The molecule has 28 heavy (non-hydrogen) atoms. The van der Waals surface area contributed by atoms with Gasteiger partial charge in [-0.1, -0.05) is 18.2 Å². The number of amides is 1. The van der Waals surface area contributed by atoms with E-state index in [-0.39, 0.29) is 11.8 Å². The van der Waals surface area contributed by atoms with Gasteiger partial charge in [-0.3, -0.25) is 14.2 Å². The molecule has 1 atom stereocenters. The van der Waals surface area contributed by atoms with Gasteiger partial charge in [0.15, 0.2) is 0 Å². The Hall–Kier alpha value is -3.09. The van der Waals surface area contributed by atoms with Crippen molar-refractivity contribution < 1.29 is 9.53 Å². The Balaban J connectivity index is 1.45. The van der Waals surface area contributed by atoms with Crippen LogP contribution in [0.4, 0.5) is 0 Å². The summed E-state index contributed by atoms with van der Waals surface area (Å²) in [5.41, 5.74) is 5.41. The summed E-state index contributed by atoms with van der Waals surface area (Å²) in [5, 5.41) is 12.0. The molecule has 3 heterocycles. The summed E-state index contributed by atoms with van der Waals surface area (Å²) in [6, 6.07) is 9.90. The molecule has 0 radical (unpaired) electrons. The molecule has 0 saturated heterocycles. The number of aryl methyl sites for hydroxylation is 3. The van der Waals surface area contributed by atoms with Gasteiger partial charge in [-0.05, 0) is 38.0 Å². The maximum atomic E-state index is 12.7. The molecule has 0 saturated carbocycles. The second kappa shape index (κ2) is 7.14. The average molecular weight is 379 g/mol. The van der Waals surface area contributed by atoms with Crippen molar-refractivity contribution in [2.45, 2.75) is 20.3 Å². The molecule has 7 heteroatoms. The van der Waals surface area contributed by atoms with Crippen molar-refractivity contribution in [2.24, 2.45) is 20.0 Å². The van der Waals surface area contributed by atoms with Gasteiger partial charge in [0.05, 0.1) is 18.0 Å². The summed E-state index contributed by atoms with van der Waals surface area (Å²) in [7, 11) is 3.70. The van der Waals surface area contributed by atoms with Crippen molar-refractivity contribution in [1.82, 2.24) is 24.9 Å². The quantitative estimate of drug-likeness (QED) is 0.756. The fraction of sp³-hybridized carbons (Fsp3) is 0.381. The molecule has 2 aromatic heterocycles. The topological polar surface area (TPSA) is 74.0 Å². The SMILES string of the molecule is Cc1nn(C)c(C)c1-c1cc(C(=O)NC[C@H]2COc3ccccc3C2)n(C)n1. The Morgan fingerprint density at radius 1 is 1.21 bits per heavy atom. The van der Waals surface area contributed by atoms with Crippen molar-refractivity contribution in [2.75, 3.05) is 13.2 Å². The summed E-state index contributed by atoms with van der Waals surface area (Å²) in [5.74, 6) is 1.08. The molecule has 1 aliphatic heterocycles. The number of nitrogens with zero attached hydrogens (tertiary/aromatic N) is 4. The molecule has 0 unspecified atom stereocenters. The van der Waals surface area contributed by atoms with E-state index < -0.39 is 0 Å². The van der Waals surface area contributed by atoms with Crippen LogP contribution >= 0.6 is 0 Å². The minimum Gasteiger partial charge on any atom is -0.493 e. The molecule has 0 aliphatic carbocycles. The zero-order valence-electron chi connectivity index (χ0n) is 16.7. The van der Waals surface area contributed by atoms with Crippen LogP contribution in [0.15, 0.2) is 30.3 Å². The lowest BCUT2D eigenvalue weighted by Crippen LogP contribution is -2.35. The molecule has 0 bridgehead atoms. The van der Waals surface area contributed by atoms with Crippen LogP contribution < -0.4 is 10.1 Å². The summed E-state index contributed by atoms with van der Waals surface area (Å²) in [6.45, 7) is 5.14. The molecule has 0 spiro atoms. The van der Waals surface area contributed by atoms with Crippen molar-refractivity contribution >= 4 is 5.91 Å². The Bertz CT molecular complexity index is 1030. The number of ether oxygens (including phenoxy) is 1. The van der Waals surface area contributed by atoms with E-state index in [2.05, 4.69) is 21.6 Å². The van der Waals surface area contributed by atoms with E-state index in [0.29, 0.717) is 18.8 Å². The summed E-state index contributed by atoms with van der Waals surface area (Å²) in [4.78, 5) is 12.7. The Labute approximate surface area is 164 Å². The number of benzene rings is 1. The molecule has 7 nitrogen and oxygen atoms in total. The molecule has 146 valence electrons. The van der Waals surface area contributed by atoms with Crippen LogP contribution in [0.3, 0.4) is 0 Å². The number of nitrogens with one attached hydrogen (secondary N) is 1. The summed E-state index contributed by atoms with van der Waals surface area (Å²) >= 11 is 0. The molecule has 1 N–H and O–H groups in total. The van der Waals surface area contributed by atoms with Gasteiger partial charge in [0.2, 0.25) is 0 Å². The van der Waals surface area contributed by atoms with Gasteiger partial charge in [0, 0.05) is 37.8 Å². The second-order valence-corrected chi connectivity index (χ2v) is 7.41. The van der Waals surface area contributed by atoms with Crippen LogP contribution in [0.5, 0.6) is 5.75 Å². The maximum Gasteiger partial charge on any atom is 0.269 e. The predicted molar refractivity (Wildman–Crippen MR) is 106 cm³/mol. The van der Waals surface area contributed by atoms with Crippen molar-refractivity contribution in [3.8, 4) is 17.0 Å². The average Bonchev–Trinajstić information content (AvgIpc) is 3.18. The highest BCUT2D eigenvalue weighted by atomic mass is 16.5. The molecule has 1 aliphatic rings. The number of carbonyl (C=O) groups excluding carboxylic acids is 1. The van der Waals surface area contributed by atoms with Crippen LogP contribution in [0.2, 0.25) is 0 Å². The van der Waals surface area contributed by atoms with Gasteiger partial charge >= 0.3 is 0 Å². The molecule has 1 aromatic carbocycles. The predicted octanol–water partition coefficient (Wildman–Crippen LogP) is 2.42. The van der Waals surface area contributed by atoms with E-state index >= 15 is 0 Å². The van der Waals surface area contributed by atoms with Gasteiger partial charge in [-0.25, -0.2) is 0 Å². The van der Waals surface area contributed by atoms with E-state index in [9.17, 15) is 4.79 Å². The first-order valence-corrected chi connectivity index (χ1v) is 9.47. The maximum absolute atomic E-state index is 12.7. The van der Waals surface area contributed by atoms with E-state index in [0.717, 1.165) is 34.8 Å². The van der Waals surface area contributed by atoms with Gasteiger partial charge in [-0.15, -0.1) is 0 Å². The van der Waals surface area contributed by atoms with Crippen molar-refractivity contribution in [3.05, 3.63) is 53.0 Å². The highest BCUT2D eigenvalue weighted by molar-refractivity contribution is 5.93. The summed E-state index contributed by atoms with van der Waals surface area (Å²) < 4.78 is 9.27. The van der Waals surface area contributed by atoms with Gasteiger partial charge in [0.1, 0.15) is 11.4 Å². The van der Waals surface area contributed by atoms with Gasteiger partial charge < -0.3 is 10.1 Å². The lowest BCUT2D eigenvalue weighted by atomic mass is 9.97. The molecule has 4 rings (SSSR count). The van der Waals surface area contributed by atoms with E-state index in [1.165, 1.54) is 5.56 Å². The monoisotopic (exact) mass is 379 g/mol. The van der Waals surface area contributed by atoms with Crippen LogP contribution in [-0.2, 0) is 20.5 Å². The Kier molecular flexibility index (Phi) is 4.66. The van der Waals surface area contributed by atoms with E-state index in [4.69, 9.17) is 4.74 Å². The number of rotatable bonds is 4. The third-order valence-electron chi connectivity index (χ3n) is 5.38. The fourth-order valence-electron chi connectivity index (χ4n) is 3.80. The summed E-state index contributed by atoms with van der Waals surface area (Å²) in [6.07, 6.45) is 0.904. The van der Waals surface area contributed by atoms with E-state index in [1.54, 1.807) is 11.7 Å². The normalized spacial score (nSPS) is 15.8. The Morgan fingerprint density at radius 3 is 2.75 bits per heavy atom. The third-order valence-corrected chi connectivity index (χ3v) is 5.38. The first-order valence-electron chi connectivity index (χ1n) is 9.47. The zero-order valence-corrected chi connectivity index (χ0v) is 16.7. The minimum absolute atomic E-state index is 0.126. The zero-order chi connectivity index (χ0) is 19.8. The van der Waals surface area contributed by atoms with Crippen LogP contribution in [0.1, 0.15) is 27.4 Å².